The van der Waals surface area contributed by atoms with Gasteiger partial charge in [0.2, 0.25) is 5.95 Å². The topological polar surface area (TPSA) is 135 Å². The van der Waals surface area contributed by atoms with Crippen molar-refractivity contribution < 1.29 is 22.4 Å². The fourth-order valence-corrected chi connectivity index (χ4v) is 3.27. The van der Waals surface area contributed by atoms with Crippen LogP contribution < -0.4 is 15.8 Å². The number of nitrogens with zero attached hydrogens (tertiary/aromatic N) is 6. The van der Waals surface area contributed by atoms with Crippen LogP contribution >= 0.6 is 0 Å². The molecule has 0 radical (unpaired) electrons. The van der Waals surface area contributed by atoms with E-state index in [0.29, 0.717) is 24.9 Å². The molecule has 0 aromatic carbocycles. The molecule has 0 spiro atoms. The van der Waals surface area contributed by atoms with Gasteiger partial charge in [0.1, 0.15) is 12.2 Å². The number of hydrogen-bond donors (Lipinski definition) is 2. The molecule has 176 valence electrons. The van der Waals surface area contributed by atoms with Crippen LogP contribution in [0.3, 0.4) is 0 Å². The third-order valence-corrected chi connectivity index (χ3v) is 4.92. The number of ether oxygens (including phenoxy) is 1. The molecule has 14 heteroatoms. The lowest BCUT2D eigenvalue weighted by Crippen LogP contribution is -2.46. The fourth-order valence-electron chi connectivity index (χ4n) is 3.27. The van der Waals surface area contributed by atoms with Gasteiger partial charge in [0, 0.05) is 31.5 Å². The summed E-state index contributed by atoms with van der Waals surface area (Å²) in [5.41, 5.74) is -2.09. The van der Waals surface area contributed by atoms with Crippen molar-refractivity contribution in [3.63, 3.8) is 0 Å². The number of hydrogen-bond acceptors (Lipinski definition) is 10. The normalized spacial score (nSPS) is 15.4. The zero-order valence-corrected chi connectivity index (χ0v) is 17.8. The van der Waals surface area contributed by atoms with Gasteiger partial charge in [-0.15, -0.1) is 0 Å². The number of H-pyrrole nitrogens is 1. The lowest BCUT2D eigenvalue weighted by atomic mass is 10.0. The first-order valence-electron chi connectivity index (χ1n) is 10.1. The summed E-state index contributed by atoms with van der Waals surface area (Å²) in [4.78, 5) is 26.4. The first kappa shape index (κ1) is 22.6. The summed E-state index contributed by atoms with van der Waals surface area (Å²) in [7, 11) is 0. The molecule has 33 heavy (non-hydrogen) atoms. The second kappa shape index (κ2) is 9.13. The number of rotatable bonds is 8. The molecule has 1 aliphatic rings. The largest absolute Gasteiger partial charge is 0.423 e. The molecule has 1 fully saturated rings. The predicted octanol–water partition coefficient (Wildman–Crippen LogP) is 1.89. The van der Waals surface area contributed by atoms with E-state index in [1.54, 1.807) is 24.4 Å². The van der Waals surface area contributed by atoms with Gasteiger partial charge in [-0.25, -0.2) is 15.1 Å². The summed E-state index contributed by atoms with van der Waals surface area (Å²) < 4.78 is 50.0. The minimum atomic E-state index is -4.82. The fraction of sp³-hybridized carbons (Fsp3) is 0.474. The lowest BCUT2D eigenvalue weighted by Gasteiger charge is -2.37. The molecule has 3 aromatic rings. The highest BCUT2D eigenvalue weighted by Crippen LogP contribution is 2.31. The average Bonchev–Trinajstić information content (AvgIpc) is 3.15. The van der Waals surface area contributed by atoms with Crippen LogP contribution in [0.2, 0.25) is 0 Å². The number of alkyl halides is 3. The minimum absolute atomic E-state index is 0.00369. The van der Waals surface area contributed by atoms with E-state index in [-0.39, 0.29) is 25.0 Å². The van der Waals surface area contributed by atoms with E-state index in [0.717, 1.165) is 11.8 Å². The maximum absolute atomic E-state index is 13.1. The van der Waals surface area contributed by atoms with Crippen LogP contribution in [-0.4, -0.2) is 56.0 Å². The molecule has 4 rings (SSSR count). The Morgan fingerprint density at radius 1 is 1.30 bits per heavy atom. The second-order valence-electron chi connectivity index (χ2n) is 7.75. The van der Waals surface area contributed by atoms with E-state index in [2.05, 4.69) is 30.5 Å². The van der Waals surface area contributed by atoms with Gasteiger partial charge in [-0.05, 0) is 19.4 Å². The molecule has 2 N–H and O–H groups in total. The van der Waals surface area contributed by atoms with Gasteiger partial charge in [0.15, 0.2) is 5.82 Å². The summed E-state index contributed by atoms with van der Waals surface area (Å²) in [5.74, 6) is 1.54. The van der Waals surface area contributed by atoms with E-state index in [1.165, 1.54) is 0 Å². The lowest BCUT2D eigenvalue weighted by molar-refractivity contribution is -0.138. The Kier molecular flexibility index (Phi) is 6.26. The van der Waals surface area contributed by atoms with Gasteiger partial charge in [0.25, 0.3) is 11.4 Å². The van der Waals surface area contributed by atoms with Crippen molar-refractivity contribution in [1.82, 2.24) is 30.3 Å². The second-order valence-corrected chi connectivity index (χ2v) is 7.75. The van der Waals surface area contributed by atoms with Crippen molar-refractivity contribution in [2.75, 3.05) is 29.9 Å². The van der Waals surface area contributed by atoms with Crippen LogP contribution in [0, 0.1) is 6.92 Å². The van der Waals surface area contributed by atoms with Gasteiger partial charge in [-0.1, -0.05) is 5.16 Å². The molecule has 1 atom stereocenters. The molecule has 0 saturated carbocycles. The van der Waals surface area contributed by atoms with Crippen LogP contribution in [0.15, 0.2) is 27.9 Å². The monoisotopic (exact) mass is 466 g/mol. The highest BCUT2D eigenvalue weighted by atomic mass is 19.4. The molecule has 0 bridgehead atoms. The first-order valence-corrected chi connectivity index (χ1v) is 10.1. The van der Waals surface area contributed by atoms with Crippen molar-refractivity contribution in [2.45, 2.75) is 38.6 Å². The van der Waals surface area contributed by atoms with Crippen molar-refractivity contribution in [1.29, 1.82) is 0 Å². The zero-order chi connectivity index (χ0) is 23.6. The molecular formula is C19H21F3N8O3. The van der Waals surface area contributed by atoms with E-state index in [9.17, 15) is 18.0 Å². The van der Waals surface area contributed by atoms with Gasteiger partial charge in [-0.2, -0.15) is 23.3 Å². The Morgan fingerprint density at radius 3 is 2.73 bits per heavy atom. The van der Waals surface area contributed by atoms with Gasteiger partial charge in [-0.3, -0.25) is 4.79 Å². The Morgan fingerprint density at radius 2 is 2.03 bits per heavy atom. The summed E-state index contributed by atoms with van der Waals surface area (Å²) in [6.45, 7) is 4.88. The van der Waals surface area contributed by atoms with Crippen LogP contribution in [-0.2, 0) is 17.5 Å². The summed E-state index contributed by atoms with van der Waals surface area (Å²) in [6.07, 6.45) is -0.395. The Balaban J connectivity index is 1.25. The summed E-state index contributed by atoms with van der Waals surface area (Å²) in [5, 5.41) is 11.8. The average molecular weight is 466 g/mol. The highest BCUT2D eigenvalue weighted by molar-refractivity contribution is 5.50. The quantitative estimate of drug-likeness (QED) is 0.507. The smallest absolute Gasteiger partial charge is 0.378 e. The number of halogens is 3. The Labute approximate surface area is 185 Å². The van der Waals surface area contributed by atoms with Crippen LogP contribution in [0.1, 0.15) is 35.7 Å². The van der Waals surface area contributed by atoms with Crippen molar-refractivity contribution in [2.24, 2.45) is 0 Å². The van der Waals surface area contributed by atoms with E-state index in [4.69, 9.17) is 9.26 Å². The molecule has 3 aromatic heterocycles. The third-order valence-electron chi connectivity index (χ3n) is 4.92. The van der Waals surface area contributed by atoms with E-state index in [1.807, 2.05) is 11.8 Å². The summed E-state index contributed by atoms with van der Waals surface area (Å²) in [6, 6.07) is -0.549. The van der Waals surface area contributed by atoms with Gasteiger partial charge >= 0.3 is 6.18 Å². The Bertz CT molecular complexity index is 1140. The van der Waals surface area contributed by atoms with Crippen LogP contribution in [0.5, 0.6) is 0 Å². The maximum atomic E-state index is 13.1. The number of aromatic nitrogens is 6. The number of nitrogens with one attached hydrogen (secondary N) is 2. The van der Waals surface area contributed by atoms with Gasteiger partial charge < -0.3 is 19.5 Å². The summed E-state index contributed by atoms with van der Waals surface area (Å²) >= 11 is 0. The molecular weight excluding hydrogens is 445 g/mol. The standard InChI is InChI=1S/C19H21F3N8O3/c1-10-3-23-18(24-4-10)30-6-12(7-30)16-27-14(33-29-16)9-32-8-11(2)26-13-5-25-28-17(31)15(13)19(20,21)22/h3-5,11-12H,6-9H2,1-2H3,(H2,26,28,31). The molecule has 1 unspecified atom stereocenters. The molecule has 0 aliphatic carbocycles. The molecule has 1 saturated heterocycles. The number of anilines is 2. The van der Waals surface area contributed by atoms with E-state index < -0.39 is 29.0 Å². The maximum Gasteiger partial charge on any atom is 0.423 e. The van der Waals surface area contributed by atoms with Crippen LogP contribution in [0.25, 0.3) is 0 Å². The van der Waals surface area contributed by atoms with Crippen molar-refractivity contribution in [3.8, 4) is 0 Å². The minimum Gasteiger partial charge on any atom is -0.378 e. The first-order chi connectivity index (χ1) is 15.7. The molecule has 1 aliphatic heterocycles. The highest BCUT2D eigenvalue weighted by Gasteiger charge is 2.37. The van der Waals surface area contributed by atoms with Gasteiger partial charge in [0.05, 0.1) is 24.4 Å². The van der Waals surface area contributed by atoms with Crippen molar-refractivity contribution in [3.05, 3.63) is 51.8 Å². The van der Waals surface area contributed by atoms with Crippen LogP contribution in [0.4, 0.5) is 24.8 Å². The number of aromatic amines is 1. The molecule has 11 nitrogen and oxygen atoms in total. The predicted molar refractivity (Wildman–Crippen MR) is 109 cm³/mol. The molecule has 0 amide bonds. The zero-order valence-electron chi connectivity index (χ0n) is 17.8. The number of aryl methyl sites for hydroxylation is 1. The Hall–Kier alpha value is -3.55. The SMILES string of the molecule is Cc1cnc(N2CC(c3noc(COCC(C)Nc4cn[nH]c(=O)c4C(F)(F)F)n3)C2)nc1. The van der Waals surface area contributed by atoms with E-state index >= 15 is 0 Å². The molecule has 4 heterocycles. The third kappa shape index (κ3) is 5.27. The van der Waals surface area contributed by atoms with Crippen molar-refractivity contribution >= 4 is 11.6 Å².